The van der Waals surface area contributed by atoms with Gasteiger partial charge in [0, 0.05) is 4.47 Å². The number of fused-ring (bicyclic) bond motifs is 1. The van der Waals surface area contributed by atoms with Crippen LogP contribution in [0.2, 0.25) is 0 Å². The first-order valence-electron chi connectivity index (χ1n) is 8.42. The number of carbonyl (C=O) groups is 2. The fraction of sp³-hybridized carbons (Fsp3) is 0.389. The van der Waals surface area contributed by atoms with E-state index in [1.807, 2.05) is 24.3 Å². The highest BCUT2D eigenvalue weighted by molar-refractivity contribution is 9.10. The predicted octanol–water partition coefficient (Wildman–Crippen LogP) is 3.36. The Hall–Kier alpha value is -2.15. The Labute approximate surface area is 153 Å². The van der Waals surface area contributed by atoms with Crippen molar-refractivity contribution in [3.05, 3.63) is 41.1 Å². The highest BCUT2D eigenvalue weighted by atomic mass is 79.9. The molecule has 2 heterocycles. The van der Waals surface area contributed by atoms with Crippen LogP contribution in [0.15, 0.2) is 41.1 Å². The van der Waals surface area contributed by atoms with Gasteiger partial charge in [0.15, 0.2) is 6.73 Å². The van der Waals surface area contributed by atoms with Crippen molar-refractivity contribution in [2.24, 2.45) is 11.8 Å². The lowest BCUT2D eigenvalue weighted by Gasteiger charge is -2.19. The number of aromatic nitrogens is 2. The number of hydrogen-bond acceptors (Lipinski definition) is 4. The molecule has 1 aliphatic carbocycles. The monoisotopic (exact) mass is 403 g/mol. The maximum absolute atomic E-state index is 12.6. The van der Waals surface area contributed by atoms with Crippen molar-refractivity contribution in [2.45, 2.75) is 32.4 Å². The van der Waals surface area contributed by atoms with Crippen molar-refractivity contribution in [3.63, 3.8) is 0 Å². The van der Waals surface area contributed by atoms with Crippen LogP contribution in [-0.2, 0) is 16.3 Å². The van der Waals surface area contributed by atoms with Gasteiger partial charge in [-0.05, 0) is 37.1 Å². The number of anilines is 1. The molecule has 2 fully saturated rings. The van der Waals surface area contributed by atoms with Gasteiger partial charge in [-0.2, -0.15) is 5.10 Å². The van der Waals surface area contributed by atoms with E-state index in [1.54, 1.807) is 17.1 Å². The van der Waals surface area contributed by atoms with Crippen LogP contribution in [0, 0.1) is 11.8 Å². The summed E-state index contributed by atoms with van der Waals surface area (Å²) in [6, 6.07) is 7.50. The van der Waals surface area contributed by atoms with Crippen molar-refractivity contribution >= 4 is 33.4 Å². The van der Waals surface area contributed by atoms with Crippen LogP contribution in [0.3, 0.4) is 0 Å². The summed E-state index contributed by atoms with van der Waals surface area (Å²) in [7, 11) is 0. The van der Waals surface area contributed by atoms with Crippen LogP contribution < -0.4 is 9.64 Å². The molecule has 2 amide bonds. The fourth-order valence-electron chi connectivity index (χ4n) is 3.63. The summed E-state index contributed by atoms with van der Waals surface area (Å²) < 4.78 is 8.23. The molecule has 4 rings (SSSR count). The summed E-state index contributed by atoms with van der Waals surface area (Å²) in [5, 5.41) is 4.22. The number of ether oxygens (including phenoxy) is 1. The molecule has 7 heteroatoms. The maximum Gasteiger partial charge on any atom is 0.237 e. The molecule has 1 aromatic heterocycles. The number of imide groups is 1. The Bertz CT molecular complexity index is 778. The molecule has 2 atom stereocenters. The predicted molar refractivity (Wildman–Crippen MR) is 94.9 cm³/mol. The van der Waals surface area contributed by atoms with E-state index in [0.29, 0.717) is 5.69 Å². The molecular formula is C18H18BrN3O3. The van der Waals surface area contributed by atoms with E-state index in [9.17, 15) is 9.59 Å². The second kappa shape index (κ2) is 6.63. The van der Waals surface area contributed by atoms with E-state index in [1.165, 1.54) is 4.90 Å². The molecule has 2 aliphatic rings. The van der Waals surface area contributed by atoms with Crippen molar-refractivity contribution < 1.29 is 14.3 Å². The topological polar surface area (TPSA) is 64.4 Å². The molecule has 1 aliphatic heterocycles. The van der Waals surface area contributed by atoms with Gasteiger partial charge in [0.1, 0.15) is 5.75 Å². The van der Waals surface area contributed by atoms with Crippen molar-refractivity contribution in [2.75, 3.05) is 4.90 Å². The number of amides is 2. The molecule has 1 saturated carbocycles. The van der Waals surface area contributed by atoms with Crippen molar-refractivity contribution in [1.82, 2.24) is 9.78 Å². The van der Waals surface area contributed by atoms with Crippen molar-refractivity contribution in [1.29, 1.82) is 0 Å². The van der Waals surface area contributed by atoms with E-state index >= 15 is 0 Å². The largest absolute Gasteiger partial charge is 0.471 e. The van der Waals surface area contributed by atoms with Gasteiger partial charge in [0.2, 0.25) is 11.8 Å². The lowest BCUT2D eigenvalue weighted by Crippen LogP contribution is -2.30. The summed E-state index contributed by atoms with van der Waals surface area (Å²) in [5.74, 6) is 0.262. The van der Waals surface area contributed by atoms with E-state index in [0.717, 1.165) is 35.9 Å². The minimum absolute atomic E-state index is 0.0805. The molecule has 2 unspecified atom stereocenters. The zero-order valence-electron chi connectivity index (χ0n) is 13.6. The molecular weight excluding hydrogens is 386 g/mol. The Balaban J connectivity index is 1.46. The zero-order valence-corrected chi connectivity index (χ0v) is 15.2. The van der Waals surface area contributed by atoms with E-state index in [2.05, 4.69) is 21.0 Å². The molecule has 25 heavy (non-hydrogen) atoms. The third-order valence-corrected chi connectivity index (χ3v) is 5.42. The smallest absolute Gasteiger partial charge is 0.237 e. The van der Waals surface area contributed by atoms with Gasteiger partial charge in [-0.15, -0.1) is 0 Å². The summed E-state index contributed by atoms with van der Waals surface area (Å²) in [4.78, 5) is 26.5. The quantitative estimate of drug-likeness (QED) is 0.734. The summed E-state index contributed by atoms with van der Waals surface area (Å²) in [6.45, 7) is 0.213. The van der Waals surface area contributed by atoms with Gasteiger partial charge in [-0.25, -0.2) is 9.58 Å². The fourth-order valence-corrected chi connectivity index (χ4v) is 3.89. The number of hydrogen-bond donors (Lipinski definition) is 0. The number of halogens is 1. The Morgan fingerprint density at radius 2 is 1.72 bits per heavy atom. The van der Waals surface area contributed by atoms with E-state index in [-0.39, 0.29) is 30.4 Å². The van der Waals surface area contributed by atoms with E-state index < -0.39 is 0 Å². The van der Waals surface area contributed by atoms with Crippen LogP contribution >= 0.6 is 15.9 Å². The summed E-state index contributed by atoms with van der Waals surface area (Å²) in [6.07, 6.45) is 6.91. The van der Waals surface area contributed by atoms with Gasteiger partial charge in [-0.1, -0.05) is 28.8 Å². The minimum Gasteiger partial charge on any atom is -0.471 e. The van der Waals surface area contributed by atoms with Gasteiger partial charge < -0.3 is 4.74 Å². The molecule has 0 N–H and O–H groups in total. The lowest BCUT2D eigenvalue weighted by atomic mass is 9.81. The number of rotatable bonds is 4. The Kier molecular flexibility index (Phi) is 4.33. The van der Waals surface area contributed by atoms with Gasteiger partial charge in [0.25, 0.3) is 0 Å². The first-order chi connectivity index (χ1) is 12.1. The van der Waals surface area contributed by atoms with Crippen LogP contribution in [0.25, 0.3) is 0 Å². The highest BCUT2D eigenvalue weighted by Gasteiger charge is 2.49. The first kappa shape index (κ1) is 16.3. The van der Waals surface area contributed by atoms with Crippen LogP contribution in [0.1, 0.15) is 25.7 Å². The maximum atomic E-state index is 12.6. The van der Waals surface area contributed by atoms with Gasteiger partial charge in [0.05, 0.1) is 29.9 Å². The zero-order chi connectivity index (χ0) is 17.4. The third kappa shape index (κ3) is 3.08. The number of nitrogens with zero attached hydrogens (tertiary/aromatic N) is 3. The second-order valence-corrected chi connectivity index (χ2v) is 7.39. The lowest BCUT2D eigenvalue weighted by molar-refractivity contribution is -0.122. The molecule has 0 bridgehead atoms. The Morgan fingerprint density at radius 1 is 1.08 bits per heavy atom. The van der Waals surface area contributed by atoms with Gasteiger partial charge in [-0.3, -0.25) is 9.59 Å². The Morgan fingerprint density at radius 3 is 2.36 bits per heavy atom. The highest BCUT2D eigenvalue weighted by Crippen LogP contribution is 2.39. The molecule has 130 valence electrons. The SMILES string of the molecule is O=C1C2CCCCC2C(=O)N1c1cnn(COc2ccc(Br)cc2)c1. The molecule has 1 saturated heterocycles. The third-order valence-electron chi connectivity index (χ3n) is 4.90. The average molecular weight is 404 g/mol. The summed E-state index contributed by atoms with van der Waals surface area (Å²) >= 11 is 3.38. The summed E-state index contributed by atoms with van der Waals surface area (Å²) in [5.41, 5.74) is 0.531. The van der Waals surface area contributed by atoms with E-state index in [4.69, 9.17) is 4.74 Å². The van der Waals surface area contributed by atoms with Gasteiger partial charge >= 0.3 is 0 Å². The molecule has 2 aromatic rings. The first-order valence-corrected chi connectivity index (χ1v) is 9.21. The normalized spacial score (nSPS) is 23.0. The van der Waals surface area contributed by atoms with Crippen LogP contribution in [0.5, 0.6) is 5.75 Å². The molecule has 1 aromatic carbocycles. The molecule has 0 radical (unpaired) electrons. The van der Waals surface area contributed by atoms with Crippen LogP contribution in [0.4, 0.5) is 5.69 Å². The molecule has 0 spiro atoms. The second-order valence-electron chi connectivity index (χ2n) is 6.47. The minimum atomic E-state index is -0.149. The number of carbonyl (C=O) groups excluding carboxylic acids is 2. The molecule has 6 nitrogen and oxygen atoms in total. The number of benzene rings is 1. The average Bonchev–Trinajstić information content (AvgIpc) is 3.18. The van der Waals surface area contributed by atoms with Crippen LogP contribution in [-0.4, -0.2) is 21.6 Å². The van der Waals surface area contributed by atoms with Crippen molar-refractivity contribution in [3.8, 4) is 5.75 Å². The standard InChI is InChI=1S/C18H18BrN3O3/c19-12-5-7-14(8-6-12)25-11-21-10-13(9-20-21)22-17(23)15-3-1-2-4-16(15)18(22)24/h5-10,15-16H,1-4,11H2.